The van der Waals surface area contributed by atoms with E-state index in [2.05, 4.69) is 24.6 Å². The minimum atomic E-state index is 0.234. The molecule has 1 amide bonds. The summed E-state index contributed by atoms with van der Waals surface area (Å²) in [5.41, 5.74) is 1.26. The fourth-order valence-corrected chi connectivity index (χ4v) is 3.31. The van der Waals surface area contributed by atoms with Crippen molar-refractivity contribution < 1.29 is 4.79 Å². The van der Waals surface area contributed by atoms with Gasteiger partial charge in [0.15, 0.2) is 5.82 Å². The topological polar surface area (TPSA) is 67.2 Å². The van der Waals surface area contributed by atoms with Gasteiger partial charge in [0.2, 0.25) is 5.91 Å². The van der Waals surface area contributed by atoms with Crippen molar-refractivity contribution in [3.05, 3.63) is 41.7 Å². The summed E-state index contributed by atoms with van der Waals surface area (Å²) in [5, 5.41) is 8.66. The quantitative estimate of drug-likeness (QED) is 0.836. The maximum atomic E-state index is 11.8. The molecule has 0 radical (unpaired) electrons. The van der Waals surface area contributed by atoms with Crippen LogP contribution < -0.4 is 0 Å². The van der Waals surface area contributed by atoms with Crippen molar-refractivity contribution in [2.75, 3.05) is 13.1 Å². The van der Waals surface area contributed by atoms with Gasteiger partial charge < -0.3 is 9.47 Å². The number of hydrogen-bond acceptors (Lipinski definition) is 5. The lowest BCUT2D eigenvalue weighted by atomic mass is 10.2. The Morgan fingerprint density at radius 3 is 2.70 bits per heavy atom. The maximum Gasteiger partial charge on any atom is 0.223 e. The Morgan fingerprint density at radius 1 is 1.04 bits per heavy atom. The van der Waals surface area contributed by atoms with Crippen molar-refractivity contribution in [2.45, 2.75) is 39.0 Å². The van der Waals surface area contributed by atoms with E-state index in [-0.39, 0.29) is 5.91 Å². The monoisotopic (exact) mass is 312 g/mol. The second kappa shape index (κ2) is 6.08. The zero-order valence-corrected chi connectivity index (χ0v) is 13.1. The van der Waals surface area contributed by atoms with E-state index in [1.807, 2.05) is 29.4 Å². The fraction of sp³-hybridized carbons (Fsp3) is 0.500. The lowest BCUT2D eigenvalue weighted by Gasteiger charge is -2.28. The average molecular weight is 312 g/mol. The van der Waals surface area contributed by atoms with Gasteiger partial charge in [-0.2, -0.15) is 0 Å². The van der Waals surface area contributed by atoms with Gasteiger partial charge in [-0.05, 0) is 24.1 Å². The van der Waals surface area contributed by atoms with Crippen LogP contribution in [0.2, 0.25) is 0 Å². The number of pyridine rings is 1. The molecular formula is C16H20N6O. The van der Waals surface area contributed by atoms with Crippen LogP contribution in [0.15, 0.2) is 24.5 Å². The summed E-state index contributed by atoms with van der Waals surface area (Å²) in [7, 11) is 0. The number of hydrogen-bond donors (Lipinski definition) is 0. The number of amides is 1. The third-order valence-corrected chi connectivity index (χ3v) is 4.57. The Morgan fingerprint density at radius 2 is 1.91 bits per heavy atom. The standard InChI is InChI=1S/C16H20N6O/c23-16-2-1-7-21(16)12-15-19-18-14-11-20(8-9-22(14)15)10-13-3-5-17-6-4-13/h3-6H,1-2,7-12H2. The highest BCUT2D eigenvalue weighted by Crippen LogP contribution is 2.18. The summed E-state index contributed by atoms with van der Waals surface area (Å²) in [5.74, 6) is 2.14. The molecule has 0 aliphatic carbocycles. The minimum Gasteiger partial charge on any atom is -0.335 e. The van der Waals surface area contributed by atoms with E-state index in [1.165, 1.54) is 5.56 Å². The summed E-state index contributed by atoms with van der Waals surface area (Å²) in [6.07, 6.45) is 5.28. The van der Waals surface area contributed by atoms with E-state index in [0.29, 0.717) is 13.0 Å². The maximum absolute atomic E-state index is 11.8. The van der Waals surface area contributed by atoms with Crippen LogP contribution in [0.4, 0.5) is 0 Å². The zero-order chi connectivity index (χ0) is 15.6. The molecule has 2 aliphatic rings. The predicted molar refractivity (Wildman–Crippen MR) is 83.0 cm³/mol. The molecule has 2 aliphatic heterocycles. The van der Waals surface area contributed by atoms with E-state index >= 15 is 0 Å². The summed E-state index contributed by atoms with van der Waals surface area (Å²) in [6.45, 7) is 4.98. The molecule has 1 saturated heterocycles. The summed E-state index contributed by atoms with van der Waals surface area (Å²) >= 11 is 0. The van der Waals surface area contributed by atoms with Crippen LogP contribution in [0.1, 0.15) is 30.1 Å². The molecule has 23 heavy (non-hydrogen) atoms. The first-order valence-corrected chi connectivity index (χ1v) is 8.09. The number of carbonyl (C=O) groups is 1. The van der Waals surface area contributed by atoms with Crippen LogP contribution >= 0.6 is 0 Å². The van der Waals surface area contributed by atoms with Crippen molar-refractivity contribution >= 4 is 5.91 Å². The van der Waals surface area contributed by atoms with Crippen LogP contribution in [0.5, 0.6) is 0 Å². The van der Waals surface area contributed by atoms with Gasteiger partial charge in [-0.3, -0.25) is 14.7 Å². The molecule has 2 aromatic heterocycles. The van der Waals surface area contributed by atoms with Gasteiger partial charge in [0, 0.05) is 45.0 Å². The fourth-order valence-electron chi connectivity index (χ4n) is 3.31. The molecule has 1 fully saturated rings. The normalized spacial score (nSPS) is 18.4. The number of nitrogens with zero attached hydrogens (tertiary/aromatic N) is 6. The Hall–Kier alpha value is -2.28. The van der Waals surface area contributed by atoms with Crippen molar-refractivity contribution in [3.8, 4) is 0 Å². The van der Waals surface area contributed by atoms with E-state index in [0.717, 1.165) is 50.8 Å². The van der Waals surface area contributed by atoms with Crippen LogP contribution in [0.3, 0.4) is 0 Å². The van der Waals surface area contributed by atoms with Gasteiger partial charge in [0.05, 0.1) is 13.1 Å². The molecule has 4 rings (SSSR count). The number of aromatic nitrogens is 4. The molecule has 0 spiro atoms. The second-order valence-electron chi connectivity index (χ2n) is 6.17. The van der Waals surface area contributed by atoms with Crippen LogP contribution in [-0.4, -0.2) is 48.5 Å². The SMILES string of the molecule is O=C1CCCN1Cc1nnc2n1CCN(Cc1ccncc1)C2. The highest BCUT2D eigenvalue weighted by atomic mass is 16.2. The predicted octanol–water partition coefficient (Wildman–Crippen LogP) is 0.811. The summed E-state index contributed by atoms with van der Waals surface area (Å²) < 4.78 is 2.18. The molecule has 0 N–H and O–H groups in total. The molecule has 7 heteroatoms. The highest BCUT2D eigenvalue weighted by Gasteiger charge is 2.25. The number of carbonyl (C=O) groups excluding carboxylic acids is 1. The van der Waals surface area contributed by atoms with E-state index in [4.69, 9.17) is 0 Å². The first-order chi connectivity index (χ1) is 11.3. The zero-order valence-electron chi connectivity index (χ0n) is 13.1. The Kier molecular flexibility index (Phi) is 3.78. The van der Waals surface area contributed by atoms with E-state index in [1.54, 1.807) is 0 Å². The van der Waals surface area contributed by atoms with Gasteiger partial charge in [-0.15, -0.1) is 10.2 Å². The third-order valence-electron chi connectivity index (χ3n) is 4.57. The lowest BCUT2D eigenvalue weighted by molar-refractivity contribution is -0.128. The molecule has 0 atom stereocenters. The molecule has 0 unspecified atom stereocenters. The molecule has 0 aromatic carbocycles. The Balaban J connectivity index is 1.43. The van der Waals surface area contributed by atoms with Gasteiger partial charge >= 0.3 is 0 Å². The Bertz CT molecular complexity index is 698. The first kappa shape index (κ1) is 14.3. The molecule has 120 valence electrons. The number of rotatable bonds is 4. The van der Waals surface area contributed by atoms with Gasteiger partial charge in [0.1, 0.15) is 5.82 Å². The summed E-state index contributed by atoms with van der Waals surface area (Å²) in [6, 6.07) is 4.09. The van der Waals surface area contributed by atoms with Crippen molar-refractivity contribution in [2.24, 2.45) is 0 Å². The third kappa shape index (κ3) is 2.96. The molecule has 0 bridgehead atoms. The van der Waals surface area contributed by atoms with Gasteiger partial charge in [-0.25, -0.2) is 0 Å². The summed E-state index contributed by atoms with van der Waals surface area (Å²) in [4.78, 5) is 20.1. The first-order valence-electron chi connectivity index (χ1n) is 8.09. The lowest BCUT2D eigenvalue weighted by Crippen LogP contribution is -2.35. The van der Waals surface area contributed by atoms with E-state index in [9.17, 15) is 4.79 Å². The molecular weight excluding hydrogens is 292 g/mol. The number of fused-ring (bicyclic) bond motifs is 1. The number of likely N-dealkylation sites (tertiary alicyclic amines) is 1. The molecule has 4 heterocycles. The molecule has 7 nitrogen and oxygen atoms in total. The highest BCUT2D eigenvalue weighted by molar-refractivity contribution is 5.77. The van der Waals surface area contributed by atoms with Crippen molar-refractivity contribution in [3.63, 3.8) is 0 Å². The minimum absolute atomic E-state index is 0.234. The Labute approximate surface area is 134 Å². The smallest absolute Gasteiger partial charge is 0.223 e. The van der Waals surface area contributed by atoms with Crippen LogP contribution in [0.25, 0.3) is 0 Å². The molecule has 2 aromatic rings. The molecule has 0 saturated carbocycles. The van der Waals surface area contributed by atoms with Crippen LogP contribution in [0, 0.1) is 0 Å². The van der Waals surface area contributed by atoms with Crippen LogP contribution in [-0.2, 0) is 31.0 Å². The second-order valence-corrected chi connectivity index (χ2v) is 6.17. The van der Waals surface area contributed by atoms with E-state index < -0.39 is 0 Å². The van der Waals surface area contributed by atoms with Gasteiger partial charge in [-0.1, -0.05) is 0 Å². The van der Waals surface area contributed by atoms with Crippen molar-refractivity contribution in [1.29, 1.82) is 0 Å². The van der Waals surface area contributed by atoms with Crippen molar-refractivity contribution in [1.82, 2.24) is 29.5 Å². The largest absolute Gasteiger partial charge is 0.335 e. The van der Waals surface area contributed by atoms with Gasteiger partial charge in [0.25, 0.3) is 0 Å². The average Bonchev–Trinajstić information content (AvgIpc) is 3.16.